The summed E-state index contributed by atoms with van der Waals surface area (Å²) in [7, 11) is 0. The van der Waals surface area contributed by atoms with Crippen LogP contribution in [0.3, 0.4) is 0 Å². The molecule has 1 aromatic heterocycles. The number of nitrogens with zero attached hydrogens (tertiary/aromatic N) is 1. The number of aliphatic hydroxyl groups excluding tert-OH is 1. The number of carbonyl (C=O) groups excluding carboxylic acids is 2. The van der Waals surface area contributed by atoms with Crippen LogP contribution in [0.25, 0.3) is 0 Å². The topological polar surface area (TPSA) is 119 Å². The van der Waals surface area contributed by atoms with E-state index in [1.807, 2.05) is 18.2 Å². The average Bonchev–Trinajstić information content (AvgIpc) is 3.06. The third kappa shape index (κ3) is 4.57. The van der Waals surface area contributed by atoms with Gasteiger partial charge in [0.05, 0.1) is 18.0 Å². The van der Waals surface area contributed by atoms with E-state index < -0.39 is 6.03 Å². The number of H-pyrrole nitrogens is 1. The summed E-state index contributed by atoms with van der Waals surface area (Å²) < 4.78 is 0. The molecular weight excluding hydrogens is 322 g/mol. The molecular formula is C17H23N5O3. The van der Waals surface area contributed by atoms with Crippen molar-refractivity contribution in [3.05, 3.63) is 42.2 Å². The van der Waals surface area contributed by atoms with E-state index in [9.17, 15) is 14.7 Å². The van der Waals surface area contributed by atoms with Crippen molar-refractivity contribution in [2.45, 2.75) is 37.8 Å². The fourth-order valence-corrected chi connectivity index (χ4v) is 2.84. The van der Waals surface area contributed by atoms with Gasteiger partial charge in [0.1, 0.15) is 5.69 Å². The molecule has 0 unspecified atom stereocenters. The van der Waals surface area contributed by atoms with Gasteiger partial charge in [-0.3, -0.25) is 9.89 Å². The molecule has 2 aromatic rings. The van der Waals surface area contributed by atoms with Crippen LogP contribution in [0.1, 0.15) is 37.6 Å². The van der Waals surface area contributed by atoms with Crippen molar-refractivity contribution >= 4 is 23.3 Å². The molecule has 0 spiro atoms. The quantitative estimate of drug-likeness (QED) is 0.584. The number of rotatable bonds is 4. The summed E-state index contributed by atoms with van der Waals surface area (Å²) in [4.78, 5) is 24.5. The first-order valence-electron chi connectivity index (χ1n) is 8.27. The summed E-state index contributed by atoms with van der Waals surface area (Å²) in [5.41, 5.74) is 1.16. The highest BCUT2D eigenvalue weighted by atomic mass is 16.3. The van der Waals surface area contributed by atoms with E-state index in [1.165, 1.54) is 6.20 Å². The second-order valence-corrected chi connectivity index (χ2v) is 6.08. The molecule has 0 bridgehead atoms. The average molecular weight is 345 g/mol. The number of carbonyl (C=O) groups is 2. The number of aromatic nitrogens is 2. The molecule has 0 radical (unpaired) electrons. The summed E-state index contributed by atoms with van der Waals surface area (Å²) in [5, 5.41) is 24.2. The summed E-state index contributed by atoms with van der Waals surface area (Å²) >= 11 is 0. The molecule has 1 aromatic carbocycles. The third-order valence-corrected chi connectivity index (χ3v) is 4.18. The number of aromatic amines is 1. The van der Waals surface area contributed by atoms with Crippen LogP contribution in [0.2, 0.25) is 0 Å². The first-order valence-corrected chi connectivity index (χ1v) is 8.27. The lowest BCUT2D eigenvalue weighted by Gasteiger charge is -2.26. The zero-order chi connectivity index (χ0) is 17.6. The van der Waals surface area contributed by atoms with E-state index in [2.05, 4.69) is 26.1 Å². The van der Waals surface area contributed by atoms with Crippen LogP contribution in [-0.4, -0.2) is 39.4 Å². The first kappa shape index (κ1) is 17.0. The highest BCUT2D eigenvalue weighted by Gasteiger charge is 2.23. The number of hydrogen-bond acceptors (Lipinski definition) is 4. The Labute approximate surface area is 146 Å². The molecule has 1 heterocycles. The summed E-state index contributed by atoms with van der Waals surface area (Å²) in [6.45, 7) is 0. The zero-order valence-corrected chi connectivity index (χ0v) is 13.7. The molecule has 0 saturated heterocycles. The number of amides is 3. The lowest BCUT2D eigenvalue weighted by molar-refractivity contribution is 0.0864. The molecule has 8 nitrogen and oxygen atoms in total. The lowest BCUT2D eigenvalue weighted by Crippen LogP contribution is -2.39. The first-order chi connectivity index (χ1) is 12.1. The molecule has 0 atom stereocenters. The van der Waals surface area contributed by atoms with Crippen LogP contribution in [0.15, 0.2) is 36.5 Å². The van der Waals surface area contributed by atoms with E-state index in [0.29, 0.717) is 24.2 Å². The normalized spacial score (nSPS) is 19.9. The summed E-state index contributed by atoms with van der Waals surface area (Å²) in [6.07, 6.45) is 3.94. The SMILES string of the molecule is O=C(Nc1ccccc1)Nc1cn[nH]c1C(=O)NC1CCC(O)CC1.[HH]. The predicted molar refractivity (Wildman–Crippen MR) is 95.5 cm³/mol. The lowest BCUT2D eigenvalue weighted by atomic mass is 9.93. The smallest absolute Gasteiger partial charge is 0.323 e. The maximum Gasteiger partial charge on any atom is 0.323 e. The Morgan fingerprint density at radius 1 is 1.12 bits per heavy atom. The van der Waals surface area contributed by atoms with Gasteiger partial charge in [0.15, 0.2) is 0 Å². The van der Waals surface area contributed by atoms with Crippen LogP contribution < -0.4 is 16.0 Å². The van der Waals surface area contributed by atoms with Crippen LogP contribution in [0, 0.1) is 0 Å². The molecule has 1 aliphatic carbocycles. The summed E-state index contributed by atoms with van der Waals surface area (Å²) in [5.74, 6) is -0.325. The molecule has 25 heavy (non-hydrogen) atoms. The summed E-state index contributed by atoms with van der Waals surface area (Å²) in [6, 6.07) is 8.57. The van der Waals surface area contributed by atoms with E-state index in [4.69, 9.17) is 0 Å². The number of urea groups is 1. The Morgan fingerprint density at radius 3 is 2.56 bits per heavy atom. The van der Waals surface area contributed by atoms with Crippen LogP contribution in [0.4, 0.5) is 16.2 Å². The van der Waals surface area contributed by atoms with E-state index >= 15 is 0 Å². The minimum atomic E-state index is -0.456. The van der Waals surface area contributed by atoms with Gasteiger partial charge in [0, 0.05) is 13.2 Å². The fourth-order valence-electron chi connectivity index (χ4n) is 2.84. The van der Waals surface area contributed by atoms with Crippen molar-refractivity contribution in [1.29, 1.82) is 0 Å². The van der Waals surface area contributed by atoms with Gasteiger partial charge in [-0.15, -0.1) is 0 Å². The Bertz CT molecular complexity index is 729. The van der Waals surface area contributed by atoms with Crippen molar-refractivity contribution in [1.82, 2.24) is 15.5 Å². The van der Waals surface area contributed by atoms with Gasteiger partial charge in [-0.2, -0.15) is 5.10 Å². The van der Waals surface area contributed by atoms with Crippen molar-refractivity contribution in [2.24, 2.45) is 0 Å². The number of para-hydroxylation sites is 1. The van der Waals surface area contributed by atoms with E-state index in [0.717, 1.165) is 12.8 Å². The molecule has 3 amide bonds. The minimum Gasteiger partial charge on any atom is -0.393 e. The minimum absolute atomic E-state index is 0. The monoisotopic (exact) mass is 345 g/mol. The van der Waals surface area contributed by atoms with Gasteiger partial charge in [0.25, 0.3) is 5.91 Å². The van der Waals surface area contributed by atoms with Gasteiger partial charge >= 0.3 is 6.03 Å². The molecule has 0 aliphatic heterocycles. The second-order valence-electron chi connectivity index (χ2n) is 6.08. The molecule has 8 heteroatoms. The largest absolute Gasteiger partial charge is 0.393 e. The van der Waals surface area contributed by atoms with E-state index in [1.54, 1.807) is 12.1 Å². The second kappa shape index (κ2) is 7.80. The van der Waals surface area contributed by atoms with Crippen LogP contribution in [0.5, 0.6) is 0 Å². The molecule has 5 N–H and O–H groups in total. The molecule has 1 saturated carbocycles. The van der Waals surface area contributed by atoms with Crippen molar-refractivity contribution in [3.8, 4) is 0 Å². The fraction of sp³-hybridized carbons (Fsp3) is 0.353. The van der Waals surface area contributed by atoms with Gasteiger partial charge in [-0.1, -0.05) is 18.2 Å². The molecule has 1 fully saturated rings. The van der Waals surface area contributed by atoms with Crippen LogP contribution in [-0.2, 0) is 0 Å². The number of benzene rings is 1. The van der Waals surface area contributed by atoms with Crippen LogP contribution >= 0.6 is 0 Å². The van der Waals surface area contributed by atoms with Gasteiger partial charge < -0.3 is 21.1 Å². The number of hydrogen-bond donors (Lipinski definition) is 5. The number of anilines is 2. The maximum atomic E-state index is 12.4. The molecule has 1 aliphatic rings. The van der Waals surface area contributed by atoms with Crippen molar-refractivity contribution in [3.63, 3.8) is 0 Å². The standard InChI is InChI=1S/C17H21N5O3.H2/c23-13-8-6-12(7-9-13)19-16(24)15-14(10-18-22-15)21-17(25)20-11-4-2-1-3-5-11;/h1-5,10,12-13,23H,6-9H2,(H,18,22)(H,19,24)(H2,20,21,25);1H. The van der Waals surface area contributed by atoms with Gasteiger partial charge in [0.2, 0.25) is 0 Å². The maximum absolute atomic E-state index is 12.4. The molecule has 3 rings (SSSR count). The highest BCUT2D eigenvalue weighted by molar-refractivity contribution is 6.05. The Morgan fingerprint density at radius 2 is 1.84 bits per heavy atom. The van der Waals surface area contributed by atoms with E-state index in [-0.39, 0.29) is 25.2 Å². The molecule has 134 valence electrons. The Kier molecular flexibility index (Phi) is 5.30. The third-order valence-electron chi connectivity index (χ3n) is 4.18. The zero-order valence-electron chi connectivity index (χ0n) is 13.7. The van der Waals surface area contributed by atoms with Gasteiger partial charge in [-0.25, -0.2) is 4.79 Å². The Hall–Kier alpha value is -2.87. The number of aliphatic hydroxyl groups is 1. The van der Waals surface area contributed by atoms with Gasteiger partial charge in [-0.05, 0) is 37.8 Å². The highest BCUT2D eigenvalue weighted by Crippen LogP contribution is 2.19. The number of nitrogens with one attached hydrogen (secondary N) is 4. The predicted octanol–water partition coefficient (Wildman–Crippen LogP) is 2.33. The van der Waals surface area contributed by atoms with Crippen molar-refractivity contribution in [2.75, 3.05) is 10.6 Å². The Balaban J connectivity index is 0.00000243. The van der Waals surface area contributed by atoms with Crippen molar-refractivity contribution < 1.29 is 16.1 Å².